The maximum absolute atomic E-state index is 11.5. The molecule has 0 atom stereocenters. The molecule has 1 heterocycles. The van der Waals surface area contributed by atoms with Crippen molar-refractivity contribution in [3.8, 4) is 0 Å². The largest absolute Gasteiger partial charge is 0.466 e. The lowest BCUT2D eigenvalue weighted by Gasteiger charge is -2.34. The number of esters is 1. The van der Waals surface area contributed by atoms with Gasteiger partial charge in [-0.1, -0.05) is 12.1 Å². The molecule has 0 aromatic heterocycles. The van der Waals surface area contributed by atoms with Gasteiger partial charge in [-0.2, -0.15) is 0 Å². The normalized spacial score (nSPS) is 16.4. The number of nitrogens with zero attached hydrogens (tertiary/aromatic N) is 2. The molecular formula is C15H22N2O2. The second kappa shape index (κ2) is 6.57. The summed E-state index contributed by atoms with van der Waals surface area (Å²) in [4.78, 5) is 16.2. The van der Waals surface area contributed by atoms with E-state index in [4.69, 9.17) is 4.74 Å². The van der Waals surface area contributed by atoms with Gasteiger partial charge in [0.2, 0.25) is 0 Å². The van der Waals surface area contributed by atoms with Gasteiger partial charge in [-0.15, -0.1) is 0 Å². The van der Waals surface area contributed by atoms with Crippen LogP contribution in [-0.4, -0.2) is 50.7 Å². The fourth-order valence-corrected chi connectivity index (χ4v) is 2.31. The molecule has 0 N–H and O–H groups in total. The minimum atomic E-state index is -0.155. The van der Waals surface area contributed by atoms with Crippen molar-refractivity contribution in [1.82, 2.24) is 4.90 Å². The standard InChI is InChI=1S/C15H22N2O2/c1-3-19-15(18)12-13-5-4-6-14(11-13)17-9-7-16(2)8-10-17/h4-6,11H,3,7-10,12H2,1-2H3. The number of ether oxygens (including phenoxy) is 1. The molecule has 1 aromatic rings. The molecule has 1 saturated heterocycles. The summed E-state index contributed by atoms with van der Waals surface area (Å²) in [6.45, 7) is 6.53. The SMILES string of the molecule is CCOC(=O)Cc1cccc(N2CCN(C)CC2)c1. The molecule has 0 spiro atoms. The van der Waals surface area contributed by atoms with E-state index in [0.29, 0.717) is 13.0 Å². The summed E-state index contributed by atoms with van der Waals surface area (Å²) in [5, 5.41) is 0. The van der Waals surface area contributed by atoms with Gasteiger partial charge in [-0.25, -0.2) is 0 Å². The third-order valence-electron chi connectivity index (χ3n) is 3.43. The topological polar surface area (TPSA) is 32.8 Å². The van der Waals surface area contributed by atoms with E-state index in [1.54, 1.807) is 0 Å². The van der Waals surface area contributed by atoms with Crippen LogP contribution in [0.25, 0.3) is 0 Å². The average molecular weight is 262 g/mol. The third-order valence-corrected chi connectivity index (χ3v) is 3.43. The second-order valence-electron chi connectivity index (χ2n) is 4.94. The van der Waals surface area contributed by atoms with Gasteiger partial charge in [0.1, 0.15) is 0 Å². The van der Waals surface area contributed by atoms with E-state index in [9.17, 15) is 4.79 Å². The minimum absolute atomic E-state index is 0.155. The van der Waals surface area contributed by atoms with Crippen molar-refractivity contribution in [3.05, 3.63) is 29.8 Å². The van der Waals surface area contributed by atoms with E-state index in [1.165, 1.54) is 5.69 Å². The molecule has 2 rings (SSSR count). The zero-order chi connectivity index (χ0) is 13.7. The lowest BCUT2D eigenvalue weighted by atomic mass is 10.1. The van der Waals surface area contributed by atoms with Crippen LogP contribution in [-0.2, 0) is 16.0 Å². The Morgan fingerprint density at radius 3 is 2.68 bits per heavy atom. The molecule has 1 aliphatic heterocycles. The number of rotatable bonds is 4. The fraction of sp³-hybridized carbons (Fsp3) is 0.533. The van der Waals surface area contributed by atoms with Gasteiger partial charge in [0.05, 0.1) is 13.0 Å². The molecule has 1 aromatic carbocycles. The molecule has 0 radical (unpaired) electrons. The summed E-state index contributed by atoms with van der Waals surface area (Å²) >= 11 is 0. The first-order valence-electron chi connectivity index (χ1n) is 6.87. The summed E-state index contributed by atoms with van der Waals surface area (Å²) in [6, 6.07) is 8.21. The number of hydrogen-bond donors (Lipinski definition) is 0. The Morgan fingerprint density at radius 2 is 2.00 bits per heavy atom. The Labute approximate surface area is 115 Å². The van der Waals surface area contributed by atoms with Crippen LogP contribution < -0.4 is 4.90 Å². The van der Waals surface area contributed by atoms with Gasteiger partial charge in [-0.3, -0.25) is 4.79 Å². The average Bonchev–Trinajstić information content (AvgIpc) is 2.40. The van der Waals surface area contributed by atoms with E-state index in [2.05, 4.69) is 29.0 Å². The second-order valence-corrected chi connectivity index (χ2v) is 4.94. The molecule has 0 bridgehead atoms. The molecule has 1 aliphatic rings. The molecule has 0 saturated carbocycles. The van der Waals surface area contributed by atoms with Gasteiger partial charge in [-0.05, 0) is 31.7 Å². The molecule has 19 heavy (non-hydrogen) atoms. The van der Waals surface area contributed by atoms with Crippen LogP contribution >= 0.6 is 0 Å². The zero-order valence-corrected chi connectivity index (χ0v) is 11.8. The van der Waals surface area contributed by atoms with Crippen molar-refractivity contribution < 1.29 is 9.53 Å². The van der Waals surface area contributed by atoms with Crippen molar-refractivity contribution in [3.63, 3.8) is 0 Å². The van der Waals surface area contributed by atoms with Gasteiger partial charge >= 0.3 is 5.97 Å². The van der Waals surface area contributed by atoms with Gasteiger partial charge in [0.25, 0.3) is 0 Å². The van der Waals surface area contributed by atoms with E-state index in [-0.39, 0.29) is 5.97 Å². The van der Waals surface area contributed by atoms with Crippen molar-refractivity contribution in [1.29, 1.82) is 0 Å². The van der Waals surface area contributed by atoms with Crippen LogP contribution in [0.2, 0.25) is 0 Å². The quantitative estimate of drug-likeness (QED) is 0.771. The van der Waals surface area contributed by atoms with Crippen molar-refractivity contribution >= 4 is 11.7 Å². The molecule has 104 valence electrons. The number of likely N-dealkylation sites (N-methyl/N-ethyl adjacent to an activating group) is 1. The number of carbonyl (C=O) groups excluding carboxylic acids is 1. The van der Waals surface area contributed by atoms with Crippen LogP contribution in [0.1, 0.15) is 12.5 Å². The van der Waals surface area contributed by atoms with E-state index >= 15 is 0 Å². The van der Waals surface area contributed by atoms with Gasteiger partial charge < -0.3 is 14.5 Å². The lowest BCUT2D eigenvalue weighted by Crippen LogP contribution is -2.44. The third kappa shape index (κ3) is 3.96. The Kier molecular flexibility index (Phi) is 4.80. The van der Waals surface area contributed by atoms with Crippen LogP contribution in [0.4, 0.5) is 5.69 Å². The maximum Gasteiger partial charge on any atom is 0.310 e. The van der Waals surface area contributed by atoms with Crippen LogP contribution in [0.15, 0.2) is 24.3 Å². The molecule has 4 nitrogen and oxygen atoms in total. The number of anilines is 1. The summed E-state index contributed by atoms with van der Waals surface area (Å²) < 4.78 is 4.99. The molecule has 0 unspecified atom stereocenters. The number of piperazine rings is 1. The minimum Gasteiger partial charge on any atom is -0.466 e. The number of benzene rings is 1. The molecule has 0 aliphatic carbocycles. The Balaban J connectivity index is 2.00. The summed E-state index contributed by atoms with van der Waals surface area (Å²) in [5.41, 5.74) is 2.23. The van der Waals surface area contributed by atoms with Crippen LogP contribution in [0.5, 0.6) is 0 Å². The highest BCUT2D eigenvalue weighted by atomic mass is 16.5. The first-order valence-corrected chi connectivity index (χ1v) is 6.87. The maximum atomic E-state index is 11.5. The predicted octanol–water partition coefficient (Wildman–Crippen LogP) is 1.54. The predicted molar refractivity (Wildman–Crippen MR) is 76.5 cm³/mol. The molecule has 0 amide bonds. The lowest BCUT2D eigenvalue weighted by molar-refractivity contribution is -0.142. The smallest absolute Gasteiger partial charge is 0.310 e. The monoisotopic (exact) mass is 262 g/mol. The Hall–Kier alpha value is -1.55. The molecular weight excluding hydrogens is 240 g/mol. The number of hydrogen-bond acceptors (Lipinski definition) is 4. The summed E-state index contributed by atoms with van der Waals surface area (Å²) in [5.74, 6) is -0.155. The first-order chi connectivity index (χ1) is 9.19. The number of carbonyl (C=O) groups is 1. The molecule has 1 fully saturated rings. The van der Waals surface area contributed by atoms with E-state index in [0.717, 1.165) is 31.7 Å². The molecule has 4 heteroatoms. The first kappa shape index (κ1) is 13.9. The van der Waals surface area contributed by atoms with Crippen LogP contribution in [0.3, 0.4) is 0 Å². The van der Waals surface area contributed by atoms with Crippen molar-refractivity contribution in [2.45, 2.75) is 13.3 Å². The Bertz CT molecular complexity index is 426. The highest BCUT2D eigenvalue weighted by molar-refractivity contribution is 5.73. The van der Waals surface area contributed by atoms with E-state index in [1.807, 2.05) is 19.1 Å². The van der Waals surface area contributed by atoms with E-state index < -0.39 is 0 Å². The fourth-order valence-electron chi connectivity index (χ4n) is 2.31. The Morgan fingerprint density at radius 1 is 1.26 bits per heavy atom. The van der Waals surface area contributed by atoms with Crippen molar-refractivity contribution in [2.24, 2.45) is 0 Å². The van der Waals surface area contributed by atoms with Crippen molar-refractivity contribution in [2.75, 3.05) is 44.7 Å². The zero-order valence-electron chi connectivity index (χ0n) is 11.8. The highest BCUT2D eigenvalue weighted by Gasteiger charge is 2.14. The summed E-state index contributed by atoms with van der Waals surface area (Å²) in [7, 11) is 2.15. The van der Waals surface area contributed by atoms with Gasteiger partial charge in [0, 0.05) is 31.9 Å². The summed E-state index contributed by atoms with van der Waals surface area (Å²) in [6.07, 6.45) is 0.357. The van der Waals surface area contributed by atoms with Gasteiger partial charge in [0.15, 0.2) is 0 Å². The highest BCUT2D eigenvalue weighted by Crippen LogP contribution is 2.18. The van der Waals surface area contributed by atoms with Crippen LogP contribution in [0, 0.1) is 0 Å².